The number of hydrogen-bond acceptors (Lipinski definition) is 8. The Kier molecular flexibility index (Phi) is 68.5. The van der Waals surface area contributed by atoms with Crippen molar-refractivity contribution in [3.8, 4) is 0 Å². The van der Waals surface area contributed by atoms with Crippen molar-refractivity contribution in [1.82, 2.24) is 0 Å². The normalized spacial score (nSPS) is 13.0. The smallest absolute Gasteiger partial charge is 0.306 e. The molecule has 520 valence electrons. The van der Waals surface area contributed by atoms with Crippen LogP contribution in [0.5, 0.6) is 0 Å². The Morgan fingerprint density at radius 3 is 0.966 bits per heavy atom. The molecule has 89 heavy (non-hydrogen) atoms. The van der Waals surface area contributed by atoms with Crippen molar-refractivity contribution in [2.45, 2.75) is 386 Å². The number of esters is 2. The third-order valence-electron chi connectivity index (χ3n) is 17.2. The Hall–Kier alpha value is -3.01. The summed E-state index contributed by atoms with van der Waals surface area (Å²) in [5, 5.41) is 11.8. The molecule has 0 spiro atoms. The maximum absolute atomic E-state index is 12.9. The Morgan fingerprint density at radius 1 is 0.348 bits per heavy atom. The van der Waals surface area contributed by atoms with Gasteiger partial charge in [0.05, 0.1) is 40.3 Å². The van der Waals surface area contributed by atoms with E-state index < -0.39 is 24.3 Å². The predicted molar refractivity (Wildman–Crippen MR) is 380 cm³/mol. The number of carbonyl (C=O) groups excluding carboxylic acids is 3. The highest BCUT2D eigenvalue weighted by Gasteiger charge is 2.22. The first-order valence-corrected chi connectivity index (χ1v) is 38.4. The van der Waals surface area contributed by atoms with Crippen molar-refractivity contribution in [3.05, 3.63) is 60.8 Å². The van der Waals surface area contributed by atoms with Gasteiger partial charge in [-0.3, -0.25) is 9.59 Å². The number of quaternary nitrogens is 1. The number of aliphatic carboxylic acids is 1. The third kappa shape index (κ3) is 72.3. The van der Waals surface area contributed by atoms with E-state index in [1.165, 1.54) is 283 Å². The highest BCUT2D eigenvalue weighted by molar-refractivity contribution is 5.70. The maximum Gasteiger partial charge on any atom is 0.306 e. The fraction of sp³-hybridized carbons (Fsp3) is 0.838. The number of rotatable bonds is 72. The fourth-order valence-electron chi connectivity index (χ4n) is 11.4. The average Bonchev–Trinajstić information content (AvgIpc) is 3.64. The quantitative estimate of drug-likeness (QED) is 0.0195. The molecule has 0 aromatic carbocycles. The lowest BCUT2D eigenvalue weighted by atomic mass is 10.0. The zero-order valence-corrected chi connectivity index (χ0v) is 59.6. The number of unbranched alkanes of at least 4 members (excludes halogenated alkanes) is 47. The number of likely N-dealkylation sites (N-methyl/N-ethyl adjacent to an activating group) is 1. The number of carbonyl (C=O) groups is 3. The minimum absolute atomic E-state index is 0.148. The minimum atomic E-state index is -1.62. The molecule has 0 aliphatic rings. The molecule has 0 saturated carbocycles. The molecule has 0 rings (SSSR count). The van der Waals surface area contributed by atoms with Crippen LogP contribution in [0.4, 0.5) is 0 Å². The van der Waals surface area contributed by atoms with Crippen LogP contribution >= 0.6 is 0 Å². The van der Waals surface area contributed by atoms with E-state index in [0.717, 1.165) is 57.8 Å². The van der Waals surface area contributed by atoms with Crippen molar-refractivity contribution in [2.75, 3.05) is 47.5 Å². The van der Waals surface area contributed by atoms with Crippen LogP contribution in [-0.4, -0.2) is 82.3 Å². The molecule has 9 nitrogen and oxygen atoms in total. The van der Waals surface area contributed by atoms with Gasteiger partial charge in [0, 0.05) is 12.8 Å². The van der Waals surface area contributed by atoms with Crippen molar-refractivity contribution < 1.29 is 42.9 Å². The van der Waals surface area contributed by atoms with Crippen molar-refractivity contribution >= 4 is 17.9 Å². The van der Waals surface area contributed by atoms with Crippen LogP contribution < -0.4 is 5.11 Å². The molecule has 0 amide bonds. The first-order valence-electron chi connectivity index (χ1n) is 38.4. The van der Waals surface area contributed by atoms with Gasteiger partial charge in [-0.15, -0.1) is 0 Å². The second-order valence-electron chi connectivity index (χ2n) is 27.3. The van der Waals surface area contributed by atoms with Gasteiger partial charge >= 0.3 is 11.9 Å². The molecule has 9 heteroatoms. The van der Waals surface area contributed by atoms with Gasteiger partial charge in [0.25, 0.3) is 0 Å². The molecule has 0 aromatic heterocycles. The van der Waals surface area contributed by atoms with Crippen LogP contribution in [0.1, 0.15) is 373 Å². The molecule has 2 atom stereocenters. The van der Waals surface area contributed by atoms with Crippen LogP contribution in [0.15, 0.2) is 60.8 Å². The monoisotopic (exact) mass is 1250 g/mol. The summed E-state index contributed by atoms with van der Waals surface area (Å²) in [7, 11) is 5.94. The topological polar surface area (TPSA) is 111 Å². The van der Waals surface area contributed by atoms with Crippen LogP contribution in [0.2, 0.25) is 0 Å². The molecule has 0 saturated heterocycles. The number of nitrogens with zero attached hydrogens (tertiary/aromatic N) is 1. The highest BCUT2D eigenvalue weighted by atomic mass is 16.7. The molecule has 0 fully saturated rings. The van der Waals surface area contributed by atoms with Crippen LogP contribution in [0.3, 0.4) is 0 Å². The zero-order valence-electron chi connectivity index (χ0n) is 59.6. The summed E-state index contributed by atoms with van der Waals surface area (Å²) in [5.74, 6) is -2.26. The van der Waals surface area contributed by atoms with E-state index in [9.17, 15) is 19.5 Å². The molecule has 0 bridgehead atoms. The van der Waals surface area contributed by atoms with Gasteiger partial charge < -0.3 is 33.3 Å². The van der Waals surface area contributed by atoms with E-state index in [2.05, 4.69) is 74.6 Å². The second kappa shape index (κ2) is 70.9. The van der Waals surface area contributed by atoms with Gasteiger partial charge in [0.15, 0.2) is 12.4 Å². The van der Waals surface area contributed by atoms with Crippen molar-refractivity contribution in [3.63, 3.8) is 0 Å². The summed E-state index contributed by atoms with van der Waals surface area (Å²) in [6, 6.07) is 0. The summed E-state index contributed by atoms with van der Waals surface area (Å²) in [5.41, 5.74) is 0. The van der Waals surface area contributed by atoms with Gasteiger partial charge in [-0.2, -0.15) is 0 Å². The van der Waals surface area contributed by atoms with E-state index in [1.54, 1.807) is 0 Å². The minimum Gasteiger partial charge on any atom is -0.545 e. The molecular weight excluding hydrogens is 1100 g/mol. The van der Waals surface area contributed by atoms with E-state index in [0.29, 0.717) is 23.9 Å². The lowest BCUT2D eigenvalue weighted by molar-refractivity contribution is -0.870. The molecule has 0 heterocycles. The standard InChI is InChI=1S/C80H147NO8/c1-6-8-10-12-14-16-18-20-22-24-26-28-30-32-34-35-36-37-38-39-40-41-42-43-45-46-48-50-52-54-56-58-60-62-64-66-68-70-77(82)87-74-76(75-88-80(79(84)85)86-73-72-81(3,4)5)89-78(83)71-69-67-65-63-61-59-57-55-53-51-49-47-44-33-31-29-27-25-23-21-19-17-15-13-11-9-7-2/h9,11,15,17,21,23-24,26-27,29,76,80H,6-8,10,12-14,16,18-20,22,25,28,30-75H2,1-5H3/b11-9-,17-15-,23-21-,26-24-,29-27-. The third-order valence-corrected chi connectivity index (χ3v) is 17.2. The Morgan fingerprint density at radius 2 is 0.640 bits per heavy atom. The lowest BCUT2D eigenvalue weighted by Crippen LogP contribution is -2.44. The second-order valence-corrected chi connectivity index (χ2v) is 27.3. The fourth-order valence-corrected chi connectivity index (χ4v) is 11.4. The number of carboxylic acid groups (broad SMARTS) is 1. The van der Waals surface area contributed by atoms with Crippen LogP contribution in [0.25, 0.3) is 0 Å². The van der Waals surface area contributed by atoms with Gasteiger partial charge in [-0.05, 0) is 77.0 Å². The maximum atomic E-state index is 12.9. The predicted octanol–water partition coefficient (Wildman–Crippen LogP) is 22.9. The van der Waals surface area contributed by atoms with Gasteiger partial charge in [0.1, 0.15) is 13.2 Å². The van der Waals surface area contributed by atoms with Gasteiger partial charge in [-0.1, -0.05) is 344 Å². The molecule has 0 aliphatic heterocycles. The summed E-state index contributed by atoms with van der Waals surface area (Å²) in [6.07, 6.45) is 90.5. The van der Waals surface area contributed by atoms with Crippen LogP contribution in [0, 0.1) is 0 Å². The Balaban J connectivity index is 3.98. The first kappa shape index (κ1) is 86.0. The van der Waals surface area contributed by atoms with E-state index in [-0.39, 0.29) is 32.2 Å². The van der Waals surface area contributed by atoms with Gasteiger partial charge in [0.2, 0.25) is 0 Å². The van der Waals surface area contributed by atoms with Crippen molar-refractivity contribution in [1.29, 1.82) is 0 Å². The summed E-state index contributed by atoms with van der Waals surface area (Å²) >= 11 is 0. The van der Waals surface area contributed by atoms with E-state index in [4.69, 9.17) is 18.9 Å². The number of allylic oxidation sites excluding steroid dienone is 10. The largest absolute Gasteiger partial charge is 0.545 e. The summed E-state index contributed by atoms with van der Waals surface area (Å²) in [6.45, 7) is 4.69. The first-order chi connectivity index (χ1) is 43.6. The molecule has 0 aromatic rings. The number of hydrogen-bond donors (Lipinski definition) is 0. The Bertz CT molecular complexity index is 1650. The SMILES string of the molecule is CC/C=C\C/C=C\C/C=C\C/C=C\CCCCCCCCCCCCCCCCC(=O)OC(COC(=O)CCCCCCCCCCCCCCCCCCCCCCCCCCC/C=C\CCCCCCCCCC)COC(OCC[N+](C)(C)C)C(=O)[O-]. The zero-order chi connectivity index (χ0) is 64.7. The number of ether oxygens (including phenoxy) is 4. The molecule has 0 radical (unpaired) electrons. The van der Waals surface area contributed by atoms with Crippen molar-refractivity contribution in [2.24, 2.45) is 0 Å². The molecular formula is C80H147NO8. The molecule has 0 aliphatic carbocycles. The van der Waals surface area contributed by atoms with Crippen LogP contribution in [-0.2, 0) is 33.3 Å². The average molecular weight is 1250 g/mol. The highest BCUT2D eigenvalue weighted by Crippen LogP contribution is 2.19. The molecule has 2 unspecified atom stereocenters. The summed E-state index contributed by atoms with van der Waals surface area (Å²) < 4.78 is 22.9. The number of carboxylic acids is 1. The van der Waals surface area contributed by atoms with Gasteiger partial charge in [-0.25, -0.2) is 0 Å². The Labute approximate surface area is 552 Å². The summed E-state index contributed by atoms with van der Waals surface area (Å²) in [4.78, 5) is 37.6. The molecule has 0 N–H and O–H groups in total. The lowest BCUT2D eigenvalue weighted by Gasteiger charge is -2.26. The van der Waals surface area contributed by atoms with E-state index >= 15 is 0 Å². The van der Waals surface area contributed by atoms with E-state index in [1.807, 2.05) is 21.1 Å².